The standard InChI is InChI=1S/C17H35N5S.HI/c1-6-20-7-9-21(10-8-20)15(2)13-19-16(18-5)22-11-12-23-17(3,4)14-22;/h15H,6-14H2,1-5H3,(H,18,19);1H. The molecule has 2 rings (SSSR count). The molecule has 5 nitrogen and oxygen atoms in total. The van der Waals surface area contributed by atoms with Crippen LogP contribution in [0.15, 0.2) is 4.99 Å². The van der Waals surface area contributed by atoms with Gasteiger partial charge in [0.05, 0.1) is 0 Å². The van der Waals surface area contributed by atoms with Gasteiger partial charge in [0.25, 0.3) is 0 Å². The zero-order valence-corrected chi connectivity index (χ0v) is 19.2. The van der Waals surface area contributed by atoms with Crippen LogP contribution in [0.5, 0.6) is 0 Å². The highest BCUT2D eigenvalue weighted by molar-refractivity contribution is 14.0. The van der Waals surface area contributed by atoms with Gasteiger partial charge in [0, 0.05) is 69.4 Å². The van der Waals surface area contributed by atoms with Gasteiger partial charge in [0.1, 0.15) is 0 Å². The first-order valence-electron chi connectivity index (χ1n) is 9.01. The van der Waals surface area contributed by atoms with Crippen LogP contribution in [0.4, 0.5) is 0 Å². The average Bonchev–Trinajstić information content (AvgIpc) is 2.54. The number of piperazine rings is 1. The molecule has 0 radical (unpaired) electrons. The third-order valence-corrected chi connectivity index (χ3v) is 6.27. The number of nitrogens with one attached hydrogen (secondary N) is 1. The first kappa shape index (κ1) is 22.3. The van der Waals surface area contributed by atoms with E-state index < -0.39 is 0 Å². The van der Waals surface area contributed by atoms with Crippen molar-refractivity contribution in [2.24, 2.45) is 4.99 Å². The van der Waals surface area contributed by atoms with Gasteiger partial charge < -0.3 is 15.1 Å². The third-order valence-electron chi connectivity index (χ3n) is 4.97. The van der Waals surface area contributed by atoms with Crippen molar-refractivity contribution >= 4 is 41.7 Å². The highest BCUT2D eigenvalue weighted by Gasteiger charge is 2.29. The maximum atomic E-state index is 4.52. The van der Waals surface area contributed by atoms with Crippen LogP contribution in [0.3, 0.4) is 0 Å². The molecule has 1 atom stereocenters. The fourth-order valence-corrected chi connectivity index (χ4v) is 4.53. The summed E-state index contributed by atoms with van der Waals surface area (Å²) in [5.74, 6) is 2.25. The van der Waals surface area contributed by atoms with Crippen LogP contribution < -0.4 is 5.32 Å². The average molecular weight is 469 g/mol. The summed E-state index contributed by atoms with van der Waals surface area (Å²) < 4.78 is 0.317. The lowest BCUT2D eigenvalue weighted by molar-refractivity contribution is 0.107. The molecule has 2 fully saturated rings. The SMILES string of the molecule is CCN1CCN(C(C)CNC(=NC)N2CCSC(C)(C)C2)CC1.I. The molecule has 2 saturated heterocycles. The molecule has 0 aromatic heterocycles. The number of likely N-dealkylation sites (N-methyl/N-ethyl adjacent to an activating group) is 1. The van der Waals surface area contributed by atoms with Crippen molar-refractivity contribution in [2.45, 2.75) is 38.5 Å². The van der Waals surface area contributed by atoms with E-state index in [2.05, 4.69) is 64.5 Å². The second-order valence-electron chi connectivity index (χ2n) is 7.28. The van der Waals surface area contributed by atoms with Crippen LogP contribution >= 0.6 is 35.7 Å². The lowest BCUT2D eigenvalue weighted by atomic mass is 10.2. The predicted molar refractivity (Wildman–Crippen MR) is 118 cm³/mol. The van der Waals surface area contributed by atoms with Gasteiger partial charge in [-0.1, -0.05) is 6.92 Å². The maximum absolute atomic E-state index is 4.52. The molecule has 0 spiro atoms. The Kier molecular flexibility index (Phi) is 9.69. The van der Waals surface area contributed by atoms with Crippen LogP contribution in [-0.2, 0) is 0 Å². The number of guanidine groups is 1. The molecule has 142 valence electrons. The summed E-state index contributed by atoms with van der Waals surface area (Å²) in [4.78, 5) is 12.1. The second-order valence-corrected chi connectivity index (χ2v) is 9.08. The van der Waals surface area contributed by atoms with Gasteiger partial charge in [-0.2, -0.15) is 11.8 Å². The van der Waals surface area contributed by atoms with E-state index in [0.717, 1.165) is 25.6 Å². The van der Waals surface area contributed by atoms with Crippen LogP contribution in [0, 0.1) is 0 Å². The van der Waals surface area contributed by atoms with E-state index in [1.807, 2.05) is 7.05 Å². The zero-order chi connectivity index (χ0) is 16.9. The van der Waals surface area contributed by atoms with E-state index in [0.29, 0.717) is 10.8 Å². The normalized spacial score (nSPS) is 24.4. The first-order chi connectivity index (χ1) is 10.9. The number of hydrogen-bond donors (Lipinski definition) is 1. The van der Waals surface area contributed by atoms with E-state index >= 15 is 0 Å². The highest BCUT2D eigenvalue weighted by atomic mass is 127. The van der Waals surface area contributed by atoms with Crippen LogP contribution in [0.2, 0.25) is 0 Å². The van der Waals surface area contributed by atoms with E-state index in [9.17, 15) is 0 Å². The Bertz CT molecular complexity index is 396. The lowest BCUT2D eigenvalue weighted by Gasteiger charge is -2.40. The molecule has 2 heterocycles. The smallest absolute Gasteiger partial charge is 0.193 e. The monoisotopic (exact) mass is 469 g/mol. The second kappa shape index (κ2) is 10.4. The number of nitrogens with zero attached hydrogens (tertiary/aromatic N) is 4. The van der Waals surface area contributed by atoms with Gasteiger partial charge >= 0.3 is 0 Å². The summed E-state index contributed by atoms with van der Waals surface area (Å²) >= 11 is 2.06. The van der Waals surface area contributed by atoms with Gasteiger partial charge in [0.15, 0.2) is 5.96 Å². The van der Waals surface area contributed by atoms with Crippen molar-refractivity contribution in [3.63, 3.8) is 0 Å². The Morgan fingerprint density at radius 1 is 1.21 bits per heavy atom. The molecule has 24 heavy (non-hydrogen) atoms. The zero-order valence-electron chi connectivity index (χ0n) is 16.0. The summed E-state index contributed by atoms with van der Waals surface area (Å²) in [7, 11) is 1.90. The van der Waals surface area contributed by atoms with E-state index in [4.69, 9.17) is 0 Å². The fraction of sp³-hybridized carbons (Fsp3) is 0.941. The highest BCUT2D eigenvalue weighted by Crippen LogP contribution is 2.29. The minimum atomic E-state index is 0. The van der Waals surface area contributed by atoms with Crippen molar-refractivity contribution in [1.82, 2.24) is 20.0 Å². The predicted octanol–water partition coefficient (Wildman–Crippen LogP) is 2.03. The molecule has 0 bridgehead atoms. The molecule has 0 amide bonds. The van der Waals surface area contributed by atoms with Crippen molar-refractivity contribution in [3.8, 4) is 0 Å². The number of halogens is 1. The maximum Gasteiger partial charge on any atom is 0.193 e. The van der Waals surface area contributed by atoms with Gasteiger partial charge in [0.2, 0.25) is 0 Å². The number of thioether (sulfide) groups is 1. The van der Waals surface area contributed by atoms with E-state index in [1.165, 1.54) is 38.5 Å². The Balaban J connectivity index is 0.00000288. The molecule has 2 aliphatic heterocycles. The number of aliphatic imine (C=N–C) groups is 1. The van der Waals surface area contributed by atoms with Crippen LogP contribution in [0.1, 0.15) is 27.7 Å². The quantitative estimate of drug-likeness (QED) is 0.387. The van der Waals surface area contributed by atoms with Crippen LogP contribution in [0.25, 0.3) is 0 Å². The number of rotatable bonds is 4. The Morgan fingerprint density at radius 3 is 2.42 bits per heavy atom. The molecular weight excluding hydrogens is 433 g/mol. The molecule has 0 aromatic carbocycles. The van der Waals surface area contributed by atoms with Crippen molar-refractivity contribution in [3.05, 3.63) is 0 Å². The molecule has 0 aromatic rings. The molecule has 0 saturated carbocycles. The largest absolute Gasteiger partial charge is 0.355 e. The molecular formula is C17H36IN5S. The molecule has 2 aliphatic rings. The van der Waals surface area contributed by atoms with Gasteiger partial charge in [-0.25, -0.2) is 0 Å². The molecule has 1 N–H and O–H groups in total. The molecule has 1 unspecified atom stereocenters. The fourth-order valence-electron chi connectivity index (χ4n) is 3.42. The molecule has 0 aliphatic carbocycles. The van der Waals surface area contributed by atoms with Gasteiger partial charge in [-0.15, -0.1) is 24.0 Å². The first-order valence-corrected chi connectivity index (χ1v) is 9.99. The van der Waals surface area contributed by atoms with Crippen molar-refractivity contribution < 1.29 is 0 Å². The Labute approximate surface area is 170 Å². The summed E-state index contributed by atoms with van der Waals surface area (Å²) in [5.41, 5.74) is 0. The number of hydrogen-bond acceptors (Lipinski definition) is 4. The van der Waals surface area contributed by atoms with Crippen molar-refractivity contribution in [2.75, 3.05) is 65.2 Å². The topological polar surface area (TPSA) is 34.1 Å². The summed E-state index contributed by atoms with van der Waals surface area (Å²) in [6.07, 6.45) is 0. The van der Waals surface area contributed by atoms with Gasteiger partial charge in [-0.3, -0.25) is 9.89 Å². The van der Waals surface area contributed by atoms with Crippen molar-refractivity contribution in [1.29, 1.82) is 0 Å². The summed E-state index contributed by atoms with van der Waals surface area (Å²) in [5, 5.41) is 3.61. The minimum absolute atomic E-state index is 0. The van der Waals surface area contributed by atoms with E-state index in [-0.39, 0.29) is 24.0 Å². The van der Waals surface area contributed by atoms with Crippen LogP contribution in [-0.4, -0.2) is 96.6 Å². The Morgan fingerprint density at radius 2 is 1.88 bits per heavy atom. The third kappa shape index (κ3) is 6.53. The van der Waals surface area contributed by atoms with E-state index in [1.54, 1.807) is 0 Å². The lowest BCUT2D eigenvalue weighted by Crippen LogP contribution is -2.55. The Hall–Kier alpha value is 0.270. The molecule has 7 heteroatoms. The summed E-state index contributed by atoms with van der Waals surface area (Å²) in [6.45, 7) is 18.3. The van der Waals surface area contributed by atoms with Gasteiger partial charge in [-0.05, 0) is 27.3 Å². The summed E-state index contributed by atoms with van der Waals surface area (Å²) in [6, 6.07) is 0.554. The minimum Gasteiger partial charge on any atom is -0.355 e.